The number of hydrogen-bond acceptors (Lipinski definition) is 0. The Bertz CT molecular complexity index is 1000. The van der Waals surface area contributed by atoms with Crippen molar-refractivity contribution in [1.29, 1.82) is 0 Å². The van der Waals surface area contributed by atoms with Crippen LogP contribution >= 0.6 is 0 Å². The topological polar surface area (TPSA) is 0 Å². The summed E-state index contributed by atoms with van der Waals surface area (Å²) in [4.78, 5) is 0. The van der Waals surface area contributed by atoms with Crippen molar-refractivity contribution >= 4 is 18.6 Å². The van der Waals surface area contributed by atoms with E-state index >= 15 is 0 Å². The molecule has 160 valence electrons. The zero-order valence-electron chi connectivity index (χ0n) is 17.6. The number of rotatable bonds is 4. The van der Waals surface area contributed by atoms with Gasteiger partial charge in [0.25, 0.3) is 0 Å². The molecule has 0 amide bonds. The fourth-order valence-electron chi connectivity index (χ4n) is 5.47. The van der Waals surface area contributed by atoms with E-state index in [0.29, 0.717) is 5.54 Å². The maximum atomic E-state index is 2.45. The molecule has 0 heterocycles. The molecule has 0 nitrogen and oxygen atoms in total. The Kier molecular flexibility index (Phi) is 10.4. The van der Waals surface area contributed by atoms with Crippen LogP contribution in [0.25, 0.3) is 11.1 Å². The van der Waals surface area contributed by atoms with Crippen molar-refractivity contribution in [3.05, 3.63) is 83.4 Å². The summed E-state index contributed by atoms with van der Waals surface area (Å²) >= 11 is 2.31. The zero-order chi connectivity index (χ0) is 18.9. The van der Waals surface area contributed by atoms with E-state index in [-0.39, 0.29) is 37.2 Å². The van der Waals surface area contributed by atoms with Gasteiger partial charge in [-0.3, -0.25) is 0 Å². The van der Waals surface area contributed by atoms with Crippen molar-refractivity contribution in [1.82, 2.24) is 0 Å². The predicted octanol–water partition coefficient (Wildman–Crippen LogP) is -4.44. The summed E-state index contributed by atoms with van der Waals surface area (Å²) in [7, 11) is -0.449. The van der Waals surface area contributed by atoms with Crippen molar-refractivity contribution in [3.8, 4) is 11.1 Å². The van der Waals surface area contributed by atoms with Crippen LogP contribution in [0.15, 0.2) is 66.7 Å². The molecule has 2 aliphatic carbocycles. The van der Waals surface area contributed by atoms with Crippen molar-refractivity contribution in [2.45, 2.75) is 44.1 Å². The van der Waals surface area contributed by atoms with E-state index in [9.17, 15) is 0 Å². The zero-order valence-corrected chi connectivity index (χ0v) is 22.8. The summed E-state index contributed by atoms with van der Waals surface area (Å²) in [6, 6.07) is 25.4. The summed E-state index contributed by atoms with van der Waals surface area (Å²) in [5.41, 5.74) is 8.43. The second-order valence-electron chi connectivity index (χ2n) is 8.59. The summed E-state index contributed by atoms with van der Waals surface area (Å²) in [5.74, 6) is 0.911. The van der Waals surface area contributed by atoms with Gasteiger partial charge in [0.05, 0.1) is 0 Å². The summed E-state index contributed by atoms with van der Waals surface area (Å²) in [6.07, 6.45) is 8.49. The van der Waals surface area contributed by atoms with Gasteiger partial charge in [-0.2, -0.15) is 0 Å². The fourth-order valence-corrected chi connectivity index (χ4v) is 8.87. The molecule has 0 spiro atoms. The van der Waals surface area contributed by atoms with E-state index in [0.717, 1.165) is 5.92 Å². The molecule has 1 atom stereocenters. The Morgan fingerprint density at radius 1 is 0.742 bits per heavy atom. The molecular weight excluding hydrogens is 495 g/mol. The van der Waals surface area contributed by atoms with Gasteiger partial charge in [-0.1, -0.05) is 0 Å². The van der Waals surface area contributed by atoms with Crippen LogP contribution in [0, 0.1) is 5.92 Å². The average Bonchev–Trinajstić information content (AvgIpc) is 3.05. The monoisotopic (exact) mass is 520 g/mol. The Balaban J connectivity index is 0.00000114. The molecule has 1 fully saturated rings. The molecule has 3 aromatic rings. The summed E-state index contributed by atoms with van der Waals surface area (Å²) < 4.78 is 1.47. The minimum absolute atomic E-state index is 0. The Hall–Kier alpha value is -0.539. The molecule has 0 saturated heterocycles. The third-order valence-electron chi connectivity index (χ3n) is 6.86. The molecule has 5 rings (SSSR count). The second kappa shape index (κ2) is 12.1. The first-order valence-electron chi connectivity index (χ1n) is 10.8. The first-order chi connectivity index (χ1) is 13.8. The van der Waals surface area contributed by atoms with Gasteiger partial charge in [-0.05, 0) is 0 Å². The fraction of sp³-hybridized carbons (Fsp3) is 0.308. The molecule has 0 N–H and O–H groups in total. The second-order valence-corrected chi connectivity index (χ2v) is 11.4. The van der Waals surface area contributed by atoms with Crippen LogP contribution in [0.5, 0.6) is 0 Å². The molecule has 3 aromatic carbocycles. The first-order valence-corrected chi connectivity index (χ1v) is 13.1. The van der Waals surface area contributed by atoms with Crippen molar-refractivity contribution in [3.63, 3.8) is 0 Å². The molecule has 0 bridgehead atoms. The third-order valence-corrected chi connectivity index (χ3v) is 9.92. The SMILES string of the molecule is [Cl-].[Cl-].[Cl-].[Ti+3][c]1cccc2c1C([SiH2]c1ccccc1CC1CCCCC1)c1ccccc1-2. The average molecular weight is 522 g/mol. The molecule has 1 unspecified atom stereocenters. The molecule has 1 saturated carbocycles. The molecular formula is C26H27Cl3SiTi. The van der Waals surface area contributed by atoms with Gasteiger partial charge in [0.15, 0.2) is 0 Å². The van der Waals surface area contributed by atoms with Gasteiger partial charge in [-0.15, -0.1) is 0 Å². The van der Waals surface area contributed by atoms with Gasteiger partial charge in [0, 0.05) is 0 Å². The number of fused-ring (bicyclic) bond motifs is 3. The summed E-state index contributed by atoms with van der Waals surface area (Å²) in [6.45, 7) is 0. The van der Waals surface area contributed by atoms with Crippen molar-refractivity contribution < 1.29 is 57.7 Å². The van der Waals surface area contributed by atoms with Crippen LogP contribution in [0.3, 0.4) is 0 Å². The van der Waals surface area contributed by atoms with E-state index in [1.807, 2.05) is 0 Å². The predicted molar refractivity (Wildman–Crippen MR) is 118 cm³/mol. The maximum absolute atomic E-state index is 2.45. The number of benzene rings is 3. The molecule has 0 aromatic heterocycles. The van der Waals surface area contributed by atoms with Crippen LogP contribution in [-0.2, 0) is 26.9 Å². The Labute approximate surface area is 219 Å². The van der Waals surface area contributed by atoms with E-state index in [1.165, 1.54) is 53.5 Å². The number of hydrogen-bond donors (Lipinski definition) is 0. The minimum atomic E-state index is -0.449. The Morgan fingerprint density at radius 3 is 2.23 bits per heavy atom. The van der Waals surface area contributed by atoms with E-state index < -0.39 is 9.52 Å². The third kappa shape index (κ3) is 5.52. The molecule has 2 aliphatic rings. The van der Waals surface area contributed by atoms with Crippen LogP contribution < -0.4 is 46.3 Å². The first kappa shape index (κ1) is 26.7. The summed E-state index contributed by atoms with van der Waals surface area (Å²) in [5, 5.41) is 1.70. The van der Waals surface area contributed by atoms with Crippen molar-refractivity contribution in [2.75, 3.05) is 0 Å². The van der Waals surface area contributed by atoms with Crippen LogP contribution in [-0.4, -0.2) is 9.52 Å². The Morgan fingerprint density at radius 2 is 1.42 bits per heavy atom. The normalized spacial score (nSPS) is 17.3. The molecule has 0 radical (unpaired) electrons. The van der Waals surface area contributed by atoms with E-state index in [1.54, 1.807) is 21.9 Å². The molecule has 5 heteroatoms. The molecule has 0 aliphatic heterocycles. The van der Waals surface area contributed by atoms with Crippen molar-refractivity contribution in [2.24, 2.45) is 5.92 Å². The van der Waals surface area contributed by atoms with Gasteiger partial charge in [0.1, 0.15) is 0 Å². The number of halogens is 3. The van der Waals surface area contributed by atoms with Crippen LogP contribution in [0.1, 0.15) is 54.3 Å². The van der Waals surface area contributed by atoms with Gasteiger partial charge in [0.2, 0.25) is 0 Å². The van der Waals surface area contributed by atoms with Gasteiger partial charge >= 0.3 is 184 Å². The molecule has 31 heavy (non-hydrogen) atoms. The van der Waals surface area contributed by atoms with Crippen LogP contribution in [0.2, 0.25) is 0 Å². The van der Waals surface area contributed by atoms with Gasteiger partial charge < -0.3 is 37.2 Å². The van der Waals surface area contributed by atoms with Crippen LogP contribution in [0.4, 0.5) is 0 Å². The standard InChI is InChI=1S/C26H27Si.3ClH.Ti/c1-2-10-19(11-3-1)18-20-12-4-9-17-25(20)27-26-23-15-7-5-13-21(23)22-14-6-8-16-24(22)26;;;;/h4-9,12-15,17,19,26H,1-3,10-11,18,27H2;3*1H;/q;;;;+3/p-3. The quantitative estimate of drug-likeness (QED) is 0.304. The van der Waals surface area contributed by atoms with E-state index in [2.05, 4.69) is 87.2 Å². The van der Waals surface area contributed by atoms with E-state index in [4.69, 9.17) is 0 Å². The van der Waals surface area contributed by atoms with Gasteiger partial charge in [-0.25, -0.2) is 0 Å².